The van der Waals surface area contributed by atoms with Crippen molar-refractivity contribution in [1.29, 1.82) is 0 Å². The molecule has 0 N–H and O–H groups in total. The monoisotopic (exact) mass is 398 g/mol. The number of carbonyl (C=O) groups excluding carboxylic acids is 2. The highest BCUT2D eigenvalue weighted by Gasteiger charge is 2.57. The number of ketones is 2. The molecule has 156 valence electrons. The van der Waals surface area contributed by atoms with Crippen LogP contribution in [0.15, 0.2) is 18.2 Å². The Morgan fingerprint density at radius 3 is 1.93 bits per heavy atom. The molecule has 1 aromatic carbocycles. The van der Waals surface area contributed by atoms with Gasteiger partial charge in [0.25, 0.3) is 0 Å². The SMILES string of the molecule is CC1(C)CC(=O)[C@@H]2C(c3ccc4c(c3)OCO4)[C@@H]3C(=O)CC(C)(C)C[C@H]3O[C@H]2C1. The number of ether oxygens (including phenoxy) is 3. The van der Waals surface area contributed by atoms with Crippen molar-refractivity contribution in [2.45, 2.75) is 71.5 Å². The molecule has 1 unspecified atom stereocenters. The maximum absolute atomic E-state index is 13.3. The zero-order chi connectivity index (χ0) is 20.6. The van der Waals surface area contributed by atoms with E-state index in [1.165, 1.54) is 0 Å². The lowest BCUT2D eigenvalue weighted by atomic mass is 9.56. The van der Waals surface area contributed by atoms with E-state index in [2.05, 4.69) is 27.7 Å². The predicted octanol–water partition coefficient (Wildman–Crippen LogP) is 4.28. The van der Waals surface area contributed by atoms with E-state index in [-0.39, 0.29) is 59.2 Å². The van der Waals surface area contributed by atoms with Crippen molar-refractivity contribution in [3.63, 3.8) is 0 Å². The average Bonchev–Trinajstić information content (AvgIpc) is 3.05. The molecule has 5 nitrogen and oxygen atoms in total. The summed E-state index contributed by atoms with van der Waals surface area (Å²) < 4.78 is 17.6. The minimum atomic E-state index is -0.269. The highest BCUT2D eigenvalue weighted by molar-refractivity contribution is 5.89. The third kappa shape index (κ3) is 3.18. The van der Waals surface area contributed by atoms with Crippen LogP contribution in [0.2, 0.25) is 0 Å². The Hall–Kier alpha value is -1.88. The molecule has 2 aliphatic carbocycles. The first-order valence-electron chi connectivity index (χ1n) is 10.7. The molecule has 0 amide bonds. The normalized spacial score (nSPS) is 37.0. The van der Waals surface area contributed by atoms with Crippen LogP contribution in [0.5, 0.6) is 11.5 Å². The summed E-state index contributed by atoms with van der Waals surface area (Å²) in [5.41, 5.74) is 0.862. The van der Waals surface area contributed by atoms with Gasteiger partial charge in [-0.25, -0.2) is 0 Å². The second-order valence-corrected chi connectivity index (χ2v) is 10.9. The van der Waals surface area contributed by atoms with Crippen molar-refractivity contribution in [2.75, 3.05) is 6.79 Å². The van der Waals surface area contributed by atoms with E-state index >= 15 is 0 Å². The van der Waals surface area contributed by atoms with E-state index in [4.69, 9.17) is 14.2 Å². The van der Waals surface area contributed by atoms with Crippen LogP contribution in [0.4, 0.5) is 0 Å². The van der Waals surface area contributed by atoms with Crippen molar-refractivity contribution < 1.29 is 23.8 Å². The molecule has 5 heteroatoms. The first kappa shape index (κ1) is 19.1. The molecule has 2 aliphatic heterocycles. The largest absolute Gasteiger partial charge is 0.454 e. The number of Topliss-reactive ketones (excluding diaryl/α,β-unsaturated/α-hetero) is 2. The molecule has 5 rings (SSSR count). The molecule has 29 heavy (non-hydrogen) atoms. The predicted molar refractivity (Wildman–Crippen MR) is 107 cm³/mol. The van der Waals surface area contributed by atoms with Crippen LogP contribution in [0, 0.1) is 22.7 Å². The van der Waals surface area contributed by atoms with E-state index in [0.717, 1.165) is 24.2 Å². The molecule has 1 saturated heterocycles. The van der Waals surface area contributed by atoms with Crippen LogP contribution in [-0.4, -0.2) is 30.6 Å². The quantitative estimate of drug-likeness (QED) is 0.707. The summed E-state index contributed by atoms with van der Waals surface area (Å²) in [4.78, 5) is 26.6. The van der Waals surface area contributed by atoms with Crippen molar-refractivity contribution in [1.82, 2.24) is 0 Å². The number of carbonyl (C=O) groups is 2. The standard InChI is InChI=1S/C24H30O5/c1-23(2)8-14(25)21-18(10-23)29-19-11-24(3,4)9-15(26)22(19)20(21)13-5-6-16-17(7-13)28-12-27-16/h5-7,18-22H,8-12H2,1-4H3/t18-,19+,20?,21-,22+. The van der Waals surface area contributed by atoms with E-state index in [1.54, 1.807) is 0 Å². The third-order valence-electron chi connectivity index (χ3n) is 7.26. The molecule has 5 atom stereocenters. The first-order valence-corrected chi connectivity index (χ1v) is 10.7. The Kier molecular flexibility index (Phi) is 4.16. The fourth-order valence-electron chi connectivity index (χ4n) is 6.19. The summed E-state index contributed by atoms with van der Waals surface area (Å²) in [6.07, 6.45) is 2.50. The zero-order valence-corrected chi connectivity index (χ0v) is 17.7. The van der Waals surface area contributed by atoms with Crippen molar-refractivity contribution >= 4 is 11.6 Å². The van der Waals surface area contributed by atoms with Gasteiger partial charge in [0.2, 0.25) is 6.79 Å². The molecule has 2 saturated carbocycles. The van der Waals surface area contributed by atoms with Gasteiger partial charge in [-0.2, -0.15) is 0 Å². The van der Waals surface area contributed by atoms with Gasteiger partial charge in [0, 0.05) is 18.8 Å². The molecule has 1 aromatic rings. The topological polar surface area (TPSA) is 61.8 Å². The Labute approximate surface area is 172 Å². The van der Waals surface area contributed by atoms with Gasteiger partial charge in [-0.05, 0) is 41.4 Å². The fraction of sp³-hybridized carbons (Fsp3) is 0.667. The number of fused-ring (bicyclic) bond motifs is 3. The highest BCUT2D eigenvalue weighted by atomic mass is 16.7. The molecule has 2 heterocycles. The maximum Gasteiger partial charge on any atom is 0.231 e. The van der Waals surface area contributed by atoms with E-state index < -0.39 is 0 Å². The van der Waals surface area contributed by atoms with Crippen molar-refractivity contribution in [3.05, 3.63) is 23.8 Å². The highest BCUT2D eigenvalue weighted by Crippen LogP contribution is 2.55. The second-order valence-electron chi connectivity index (χ2n) is 10.9. The molecule has 3 fully saturated rings. The Bertz CT molecular complexity index is 828. The van der Waals surface area contributed by atoms with E-state index in [1.807, 2.05) is 18.2 Å². The van der Waals surface area contributed by atoms with Crippen LogP contribution in [0.1, 0.15) is 64.9 Å². The van der Waals surface area contributed by atoms with Crippen LogP contribution < -0.4 is 9.47 Å². The van der Waals surface area contributed by atoms with Gasteiger partial charge in [-0.1, -0.05) is 33.8 Å². The second kappa shape index (κ2) is 6.31. The molecular formula is C24H30O5. The fourth-order valence-corrected chi connectivity index (χ4v) is 6.19. The van der Waals surface area contributed by atoms with E-state index in [9.17, 15) is 9.59 Å². The van der Waals surface area contributed by atoms with Gasteiger partial charge >= 0.3 is 0 Å². The van der Waals surface area contributed by atoms with Crippen LogP contribution in [-0.2, 0) is 14.3 Å². The molecule has 4 aliphatic rings. The number of hydrogen-bond donors (Lipinski definition) is 0. The zero-order valence-electron chi connectivity index (χ0n) is 17.7. The number of hydrogen-bond acceptors (Lipinski definition) is 5. The molecular weight excluding hydrogens is 368 g/mol. The lowest BCUT2D eigenvalue weighted by Crippen LogP contribution is -2.58. The summed E-state index contributed by atoms with van der Waals surface area (Å²) in [5.74, 6) is 1.19. The van der Waals surface area contributed by atoms with Gasteiger partial charge in [-0.3, -0.25) is 9.59 Å². The molecule has 0 aromatic heterocycles. The Balaban J connectivity index is 1.60. The number of benzene rings is 1. The minimum absolute atomic E-state index is 0.0707. The third-order valence-corrected chi connectivity index (χ3v) is 7.26. The van der Waals surface area contributed by atoms with Gasteiger partial charge in [0.15, 0.2) is 11.5 Å². The van der Waals surface area contributed by atoms with Crippen LogP contribution >= 0.6 is 0 Å². The summed E-state index contributed by atoms with van der Waals surface area (Å²) >= 11 is 0. The Morgan fingerprint density at radius 1 is 0.793 bits per heavy atom. The molecule has 0 radical (unpaired) electrons. The van der Waals surface area contributed by atoms with Gasteiger partial charge < -0.3 is 14.2 Å². The summed E-state index contributed by atoms with van der Waals surface area (Å²) in [7, 11) is 0. The smallest absolute Gasteiger partial charge is 0.231 e. The lowest BCUT2D eigenvalue weighted by molar-refractivity contribution is -0.186. The Morgan fingerprint density at radius 2 is 1.34 bits per heavy atom. The summed E-state index contributed by atoms with van der Waals surface area (Å²) in [6, 6.07) is 5.90. The first-order chi connectivity index (χ1) is 13.6. The summed E-state index contributed by atoms with van der Waals surface area (Å²) in [5, 5.41) is 0. The molecule has 0 spiro atoms. The lowest BCUT2D eigenvalue weighted by Gasteiger charge is -2.54. The van der Waals surface area contributed by atoms with Gasteiger partial charge in [0.1, 0.15) is 11.6 Å². The molecule has 0 bridgehead atoms. The van der Waals surface area contributed by atoms with Gasteiger partial charge in [-0.15, -0.1) is 0 Å². The van der Waals surface area contributed by atoms with Crippen LogP contribution in [0.25, 0.3) is 0 Å². The minimum Gasteiger partial charge on any atom is -0.454 e. The summed E-state index contributed by atoms with van der Waals surface area (Å²) in [6.45, 7) is 8.78. The van der Waals surface area contributed by atoms with Crippen molar-refractivity contribution in [3.8, 4) is 11.5 Å². The average molecular weight is 398 g/mol. The van der Waals surface area contributed by atoms with Crippen LogP contribution in [0.3, 0.4) is 0 Å². The van der Waals surface area contributed by atoms with Gasteiger partial charge in [0.05, 0.1) is 24.0 Å². The number of rotatable bonds is 1. The van der Waals surface area contributed by atoms with Crippen molar-refractivity contribution in [2.24, 2.45) is 22.7 Å². The maximum atomic E-state index is 13.3. The van der Waals surface area contributed by atoms with E-state index in [0.29, 0.717) is 18.6 Å².